The van der Waals surface area contributed by atoms with Crippen LogP contribution >= 0.6 is 11.6 Å². The zero-order chi connectivity index (χ0) is 20.8. The molecule has 0 bridgehead atoms. The quantitative estimate of drug-likeness (QED) is 0.496. The van der Waals surface area contributed by atoms with Gasteiger partial charge in [0.15, 0.2) is 6.61 Å². The summed E-state index contributed by atoms with van der Waals surface area (Å²) in [6.07, 6.45) is 0. The summed E-state index contributed by atoms with van der Waals surface area (Å²) in [4.78, 5) is 36.2. The van der Waals surface area contributed by atoms with Crippen LogP contribution < -0.4 is 15.6 Å². The summed E-state index contributed by atoms with van der Waals surface area (Å²) in [6, 6.07) is 17.2. The van der Waals surface area contributed by atoms with E-state index in [1.807, 2.05) is 24.3 Å². The zero-order valence-electron chi connectivity index (χ0n) is 15.4. The number of rotatable bonds is 5. The van der Waals surface area contributed by atoms with E-state index in [1.54, 1.807) is 24.3 Å². The number of carbonyl (C=O) groups excluding carboxylic acids is 3. The van der Waals surface area contributed by atoms with Crippen LogP contribution in [0, 0.1) is 0 Å². The number of benzene rings is 3. The molecule has 0 aromatic heterocycles. The lowest BCUT2D eigenvalue weighted by Gasteiger charge is -2.11. The average Bonchev–Trinajstić information content (AvgIpc) is 2.75. The normalized spacial score (nSPS) is 10.3. The highest BCUT2D eigenvalue weighted by Crippen LogP contribution is 2.22. The molecule has 2 N–H and O–H groups in total. The molecule has 2 amide bonds. The molecule has 0 aliphatic carbocycles. The maximum atomic E-state index is 12.2. The Labute approximate surface area is 171 Å². The van der Waals surface area contributed by atoms with E-state index in [0.29, 0.717) is 16.3 Å². The maximum Gasteiger partial charge on any atom is 0.338 e. The Bertz CT molecular complexity index is 1080. The van der Waals surface area contributed by atoms with E-state index in [9.17, 15) is 14.4 Å². The summed E-state index contributed by atoms with van der Waals surface area (Å²) in [7, 11) is 1.41. The van der Waals surface area contributed by atoms with E-state index >= 15 is 0 Å². The van der Waals surface area contributed by atoms with Gasteiger partial charge >= 0.3 is 5.97 Å². The van der Waals surface area contributed by atoms with E-state index in [1.165, 1.54) is 19.2 Å². The van der Waals surface area contributed by atoms with Crippen LogP contribution in [0.15, 0.2) is 60.7 Å². The van der Waals surface area contributed by atoms with Gasteiger partial charge in [0.25, 0.3) is 11.8 Å². The number of esters is 1. The number of fused-ring (bicyclic) bond motifs is 1. The van der Waals surface area contributed by atoms with Gasteiger partial charge in [-0.15, -0.1) is 0 Å². The molecule has 0 atom stereocenters. The van der Waals surface area contributed by atoms with Crippen molar-refractivity contribution < 1.29 is 23.9 Å². The predicted octanol–water partition coefficient (Wildman–Crippen LogP) is 3.12. The van der Waals surface area contributed by atoms with Crippen LogP contribution in [0.2, 0.25) is 5.02 Å². The van der Waals surface area contributed by atoms with Crippen LogP contribution in [0.4, 0.5) is 0 Å². The molecule has 0 heterocycles. The van der Waals surface area contributed by atoms with Gasteiger partial charge in [0.2, 0.25) is 0 Å². The van der Waals surface area contributed by atoms with Crippen molar-refractivity contribution in [3.63, 3.8) is 0 Å². The second-order valence-corrected chi connectivity index (χ2v) is 6.42. The van der Waals surface area contributed by atoms with Gasteiger partial charge in [-0.05, 0) is 41.1 Å². The first-order valence-corrected chi connectivity index (χ1v) is 8.94. The van der Waals surface area contributed by atoms with E-state index in [0.717, 1.165) is 10.8 Å². The first kappa shape index (κ1) is 20.2. The van der Waals surface area contributed by atoms with Crippen molar-refractivity contribution in [1.29, 1.82) is 0 Å². The van der Waals surface area contributed by atoms with Crippen LogP contribution in [0.5, 0.6) is 5.75 Å². The molecule has 0 aliphatic rings. The molecule has 3 aromatic rings. The third kappa shape index (κ3) is 5.03. The number of hydrogen-bond acceptors (Lipinski definition) is 5. The van der Waals surface area contributed by atoms with Crippen LogP contribution in [0.25, 0.3) is 10.8 Å². The van der Waals surface area contributed by atoms with Crippen molar-refractivity contribution in [3.05, 3.63) is 76.8 Å². The van der Waals surface area contributed by atoms with Crippen LogP contribution in [-0.2, 0) is 9.53 Å². The molecule has 29 heavy (non-hydrogen) atoms. The van der Waals surface area contributed by atoms with Gasteiger partial charge < -0.3 is 9.47 Å². The summed E-state index contributed by atoms with van der Waals surface area (Å²) < 4.78 is 10.1. The van der Waals surface area contributed by atoms with Crippen molar-refractivity contribution in [2.45, 2.75) is 0 Å². The molecular weight excluding hydrogens is 396 g/mol. The predicted molar refractivity (Wildman–Crippen MR) is 108 cm³/mol. The van der Waals surface area contributed by atoms with E-state index in [2.05, 4.69) is 10.9 Å². The Morgan fingerprint density at radius 2 is 1.69 bits per heavy atom. The van der Waals surface area contributed by atoms with Gasteiger partial charge in [-0.1, -0.05) is 41.9 Å². The number of amides is 2. The Morgan fingerprint density at radius 1 is 0.931 bits per heavy atom. The summed E-state index contributed by atoms with van der Waals surface area (Å²) in [5.74, 6) is -1.68. The van der Waals surface area contributed by atoms with Gasteiger partial charge in [0.05, 0.1) is 18.2 Å². The molecule has 0 radical (unpaired) electrons. The first-order valence-electron chi connectivity index (χ1n) is 8.56. The topological polar surface area (TPSA) is 93.7 Å². The second-order valence-electron chi connectivity index (χ2n) is 5.98. The van der Waals surface area contributed by atoms with Crippen molar-refractivity contribution in [1.82, 2.24) is 10.9 Å². The Morgan fingerprint density at radius 3 is 2.45 bits per heavy atom. The molecule has 0 aliphatic heterocycles. The molecule has 3 rings (SSSR count). The number of methoxy groups -OCH3 is 1. The minimum absolute atomic E-state index is 0.147. The zero-order valence-corrected chi connectivity index (χ0v) is 16.2. The van der Waals surface area contributed by atoms with Gasteiger partial charge in [-0.3, -0.25) is 20.4 Å². The largest absolute Gasteiger partial charge is 0.496 e. The monoisotopic (exact) mass is 412 g/mol. The SMILES string of the molecule is COc1ccc(Cl)cc1C(=O)NNC(=O)COC(=O)c1ccc2ccccc2c1. The number of hydrazine groups is 1. The minimum Gasteiger partial charge on any atom is -0.496 e. The Kier molecular flexibility index (Phi) is 6.31. The fourth-order valence-corrected chi connectivity index (χ4v) is 2.79. The van der Waals surface area contributed by atoms with Crippen molar-refractivity contribution in [2.75, 3.05) is 13.7 Å². The second kappa shape index (κ2) is 9.07. The van der Waals surface area contributed by atoms with Crippen molar-refractivity contribution in [2.24, 2.45) is 0 Å². The molecule has 7 nitrogen and oxygen atoms in total. The molecule has 0 saturated carbocycles. The van der Waals surface area contributed by atoms with Gasteiger partial charge in [0.1, 0.15) is 5.75 Å². The smallest absolute Gasteiger partial charge is 0.338 e. The van der Waals surface area contributed by atoms with Gasteiger partial charge in [-0.25, -0.2) is 4.79 Å². The van der Waals surface area contributed by atoms with Crippen LogP contribution in [0.3, 0.4) is 0 Å². The summed E-state index contributed by atoms with van der Waals surface area (Å²) in [6.45, 7) is -0.557. The highest BCUT2D eigenvalue weighted by atomic mass is 35.5. The summed E-state index contributed by atoms with van der Waals surface area (Å²) in [5, 5.41) is 2.21. The minimum atomic E-state index is -0.700. The number of carbonyl (C=O) groups is 3. The van der Waals surface area contributed by atoms with Crippen molar-refractivity contribution >= 4 is 40.2 Å². The number of ether oxygens (including phenoxy) is 2. The fraction of sp³-hybridized carbons (Fsp3) is 0.0952. The molecule has 3 aromatic carbocycles. The fourth-order valence-electron chi connectivity index (χ4n) is 2.62. The van der Waals surface area contributed by atoms with Crippen molar-refractivity contribution in [3.8, 4) is 5.75 Å². The van der Waals surface area contributed by atoms with E-state index in [-0.39, 0.29) is 5.56 Å². The first-order chi connectivity index (χ1) is 14.0. The third-order valence-electron chi connectivity index (χ3n) is 4.04. The molecular formula is C21H17ClN2O5. The van der Waals surface area contributed by atoms with Gasteiger partial charge in [0, 0.05) is 5.02 Å². The highest BCUT2D eigenvalue weighted by Gasteiger charge is 2.15. The maximum absolute atomic E-state index is 12.2. The highest BCUT2D eigenvalue weighted by molar-refractivity contribution is 6.31. The number of halogens is 1. The van der Waals surface area contributed by atoms with E-state index < -0.39 is 24.4 Å². The Balaban J connectivity index is 1.53. The lowest BCUT2D eigenvalue weighted by Crippen LogP contribution is -2.43. The van der Waals surface area contributed by atoms with Crippen LogP contribution in [0.1, 0.15) is 20.7 Å². The molecule has 148 valence electrons. The summed E-state index contributed by atoms with van der Waals surface area (Å²) in [5.41, 5.74) is 4.86. The molecule has 0 fully saturated rings. The number of hydrogen-bond donors (Lipinski definition) is 2. The third-order valence-corrected chi connectivity index (χ3v) is 4.28. The van der Waals surface area contributed by atoms with Gasteiger partial charge in [-0.2, -0.15) is 0 Å². The molecule has 0 spiro atoms. The summed E-state index contributed by atoms with van der Waals surface area (Å²) >= 11 is 5.88. The lowest BCUT2D eigenvalue weighted by atomic mass is 10.1. The molecule has 0 saturated heterocycles. The van der Waals surface area contributed by atoms with E-state index in [4.69, 9.17) is 21.1 Å². The average molecular weight is 413 g/mol. The lowest BCUT2D eigenvalue weighted by molar-refractivity contribution is -0.125. The molecule has 8 heteroatoms. The standard InChI is InChI=1S/C21H17ClN2O5/c1-28-18-9-8-16(22)11-17(18)20(26)24-23-19(25)12-29-21(27)15-7-6-13-4-2-3-5-14(13)10-15/h2-11H,12H2,1H3,(H,23,25)(H,24,26). The number of nitrogens with one attached hydrogen (secondary N) is 2. The van der Waals surface area contributed by atoms with Crippen LogP contribution in [-0.4, -0.2) is 31.5 Å². The Hall–Kier alpha value is -3.58. The molecule has 0 unspecified atom stereocenters.